The van der Waals surface area contributed by atoms with Gasteiger partial charge in [-0.1, -0.05) is 0 Å². The Hall–Kier alpha value is -1.33. The lowest BCUT2D eigenvalue weighted by Gasteiger charge is -2.02. The van der Waals surface area contributed by atoms with Crippen molar-refractivity contribution >= 4 is 5.84 Å². The summed E-state index contributed by atoms with van der Waals surface area (Å²) in [6, 6.07) is 1.61. The average Bonchev–Trinajstić information content (AvgIpc) is 2.31. The van der Waals surface area contributed by atoms with Gasteiger partial charge in [0.05, 0.1) is 5.69 Å². The van der Waals surface area contributed by atoms with E-state index in [4.69, 9.17) is 0 Å². The van der Waals surface area contributed by atoms with Gasteiger partial charge in [0.1, 0.15) is 5.84 Å². The molecular formula is C7H8F3N3. The lowest BCUT2D eigenvalue weighted by molar-refractivity contribution is -0.119. The summed E-state index contributed by atoms with van der Waals surface area (Å²) in [4.78, 5) is 2.51. The number of aromatic nitrogens is 2. The van der Waals surface area contributed by atoms with Crippen LogP contribution in [-0.4, -0.2) is 21.9 Å². The van der Waals surface area contributed by atoms with E-state index in [1.165, 1.54) is 13.1 Å². The van der Waals surface area contributed by atoms with Gasteiger partial charge in [-0.25, -0.2) is 4.68 Å². The highest BCUT2D eigenvalue weighted by molar-refractivity contribution is 5.81. The van der Waals surface area contributed by atoms with Crippen LogP contribution in [0.25, 0.3) is 0 Å². The second kappa shape index (κ2) is 3.20. The lowest BCUT2D eigenvalue weighted by atomic mass is 10.5. The Balaban J connectivity index is 2.91. The molecule has 0 fully saturated rings. The minimum atomic E-state index is -4.54. The first-order valence-corrected chi connectivity index (χ1v) is 3.54. The summed E-state index contributed by atoms with van der Waals surface area (Å²) in [5.74, 6) is -0.194. The molecule has 0 radical (unpaired) electrons. The number of nitrogens with zero attached hydrogens (tertiary/aromatic N) is 3. The number of hydrogen-bond donors (Lipinski definition) is 0. The summed E-state index contributed by atoms with van der Waals surface area (Å²) < 4.78 is 36.4. The van der Waals surface area contributed by atoms with Crippen molar-refractivity contribution < 1.29 is 13.2 Å². The van der Waals surface area contributed by atoms with Crippen LogP contribution in [0.3, 0.4) is 0 Å². The molecule has 3 nitrogen and oxygen atoms in total. The first-order valence-electron chi connectivity index (χ1n) is 3.54. The molecule has 1 heterocycles. The molecule has 0 unspecified atom stereocenters. The van der Waals surface area contributed by atoms with E-state index in [0.29, 0.717) is 5.69 Å². The van der Waals surface area contributed by atoms with Crippen molar-refractivity contribution in [2.75, 3.05) is 0 Å². The highest BCUT2D eigenvalue weighted by Gasteiger charge is 2.26. The Bertz CT molecular complexity index is 324. The zero-order valence-corrected chi connectivity index (χ0v) is 7.13. The molecule has 0 atom stereocenters. The maximum atomic E-state index is 11.8. The monoisotopic (exact) mass is 191 g/mol. The van der Waals surface area contributed by atoms with Gasteiger partial charge in [0.2, 0.25) is 0 Å². The van der Waals surface area contributed by atoms with Gasteiger partial charge < -0.3 is 0 Å². The Labute approximate surface area is 72.9 Å². The summed E-state index contributed by atoms with van der Waals surface area (Å²) in [6.07, 6.45) is -3.11. The molecule has 0 aliphatic heterocycles. The molecule has 72 valence electrons. The van der Waals surface area contributed by atoms with Crippen molar-refractivity contribution in [3.8, 4) is 0 Å². The molecule has 0 spiro atoms. The third kappa shape index (κ3) is 2.89. The molecule has 0 aromatic carbocycles. The molecular weight excluding hydrogens is 183 g/mol. The van der Waals surface area contributed by atoms with Crippen LogP contribution in [0, 0.1) is 6.92 Å². The minimum Gasteiger partial charge on any atom is -0.227 e. The highest BCUT2D eigenvalue weighted by Crippen LogP contribution is 2.16. The van der Waals surface area contributed by atoms with E-state index in [1.54, 1.807) is 13.0 Å². The fourth-order valence-electron chi connectivity index (χ4n) is 0.830. The molecule has 0 N–H and O–H groups in total. The molecule has 0 amide bonds. The average molecular weight is 191 g/mol. The third-order valence-electron chi connectivity index (χ3n) is 1.34. The number of rotatable bonds is 0. The fourth-order valence-corrected chi connectivity index (χ4v) is 0.830. The van der Waals surface area contributed by atoms with Crippen molar-refractivity contribution in [3.05, 3.63) is 18.0 Å². The van der Waals surface area contributed by atoms with Gasteiger partial charge in [-0.05, 0) is 19.9 Å². The molecule has 0 saturated heterocycles. The van der Waals surface area contributed by atoms with Crippen molar-refractivity contribution in [1.29, 1.82) is 0 Å². The van der Waals surface area contributed by atoms with Crippen molar-refractivity contribution in [1.82, 2.24) is 9.78 Å². The van der Waals surface area contributed by atoms with Gasteiger partial charge in [-0.3, -0.25) is 0 Å². The van der Waals surface area contributed by atoms with E-state index in [1.807, 2.05) is 0 Å². The van der Waals surface area contributed by atoms with E-state index in [0.717, 1.165) is 4.68 Å². The number of hydrogen-bond acceptors (Lipinski definition) is 2. The van der Waals surface area contributed by atoms with Gasteiger partial charge in [-0.15, -0.1) is 13.2 Å². The largest absolute Gasteiger partial charge is 0.504 e. The second-order valence-corrected chi connectivity index (χ2v) is 2.53. The van der Waals surface area contributed by atoms with Crippen LogP contribution < -0.4 is 0 Å². The van der Waals surface area contributed by atoms with Gasteiger partial charge in [0.15, 0.2) is 0 Å². The Morgan fingerprint density at radius 3 is 2.54 bits per heavy atom. The standard InChI is InChI=1S/C7H8F3N3/c1-5-3-4-13(12-5)6(2)11-7(8,9)10/h3-4H,1-2H3/b11-6+. The maximum absolute atomic E-state index is 11.8. The summed E-state index contributed by atoms with van der Waals surface area (Å²) in [5.41, 5.74) is 0.650. The van der Waals surface area contributed by atoms with Crippen LogP contribution >= 0.6 is 0 Å². The second-order valence-electron chi connectivity index (χ2n) is 2.53. The normalized spacial score (nSPS) is 13.5. The number of aryl methyl sites for hydroxylation is 1. The van der Waals surface area contributed by atoms with Crippen LogP contribution in [-0.2, 0) is 0 Å². The van der Waals surface area contributed by atoms with E-state index in [2.05, 4.69) is 10.1 Å². The highest BCUT2D eigenvalue weighted by atomic mass is 19.4. The molecule has 0 bridgehead atoms. The smallest absolute Gasteiger partial charge is 0.227 e. The quantitative estimate of drug-likeness (QED) is 0.350. The number of aliphatic imine (C=N–C) groups is 1. The summed E-state index contributed by atoms with van der Waals surface area (Å²) in [5, 5.41) is 3.78. The molecule has 1 aromatic rings. The van der Waals surface area contributed by atoms with Crippen LogP contribution in [0.4, 0.5) is 13.2 Å². The van der Waals surface area contributed by atoms with Crippen LogP contribution in [0.2, 0.25) is 0 Å². The Morgan fingerprint density at radius 1 is 1.54 bits per heavy atom. The Morgan fingerprint density at radius 2 is 2.15 bits per heavy atom. The number of alkyl halides is 3. The first-order chi connectivity index (χ1) is 5.88. The van der Waals surface area contributed by atoms with Gasteiger partial charge in [0, 0.05) is 6.20 Å². The molecule has 0 aliphatic carbocycles. The van der Waals surface area contributed by atoms with E-state index in [-0.39, 0.29) is 5.84 Å². The SMILES string of the molecule is C/C(=N\C(F)(F)F)n1ccc(C)n1. The molecule has 1 rings (SSSR count). The third-order valence-corrected chi connectivity index (χ3v) is 1.34. The molecule has 13 heavy (non-hydrogen) atoms. The van der Waals surface area contributed by atoms with Crippen LogP contribution in [0.5, 0.6) is 0 Å². The lowest BCUT2D eigenvalue weighted by Crippen LogP contribution is -2.14. The minimum absolute atomic E-state index is 0.194. The Kier molecular flexibility index (Phi) is 2.40. The topological polar surface area (TPSA) is 30.2 Å². The molecule has 6 heteroatoms. The van der Waals surface area contributed by atoms with Crippen molar-refractivity contribution in [2.45, 2.75) is 20.1 Å². The van der Waals surface area contributed by atoms with Crippen molar-refractivity contribution in [3.63, 3.8) is 0 Å². The first kappa shape index (κ1) is 9.76. The summed E-state index contributed by atoms with van der Waals surface area (Å²) >= 11 is 0. The van der Waals surface area contributed by atoms with E-state index >= 15 is 0 Å². The van der Waals surface area contributed by atoms with Crippen molar-refractivity contribution in [2.24, 2.45) is 4.99 Å². The maximum Gasteiger partial charge on any atom is 0.504 e. The zero-order valence-electron chi connectivity index (χ0n) is 7.13. The van der Waals surface area contributed by atoms with Crippen LogP contribution in [0.15, 0.2) is 17.3 Å². The van der Waals surface area contributed by atoms with E-state index in [9.17, 15) is 13.2 Å². The molecule has 0 aliphatic rings. The van der Waals surface area contributed by atoms with E-state index < -0.39 is 6.30 Å². The van der Waals surface area contributed by atoms with Crippen LogP contribution in [0.1, 0.15) is 12.6 Å². The predicted molar refractivity (Wildman–Crippen MR) is 41.5 cm³/mol. The van der Waals surface area contributed by atoms with Gasteiger partial charge in [-0.2, -0.15) is 10.1 Å². The summed E-state index contributed by atoms with van der Waals surface area (Å²) in [6.45, 7) is 2.94. The molecule has 0 saturated carbocycles. The predicted octanol–water partition coefficient (Wildman–Crippen LogP) is 1.98. The molecule has 1 aromatic heterocycles. The fraction of sp³-hybridized carbons (Fsp3) is 0.429. The van der Waals surface area contributed by atoms with Gasteiger partial charge >= 0.3 is 6.30 Å². The number of halogens is 3. The zero-order chi connectivity index (χ0) is 10.1. The van der Waals surface area contributed by atoms with Gasteiger partial charge in [0.25, 0.3) is 0 Å². The summed E-state index contributed by atoms with van der Waals surface area (Å²) in [7, 11) is 0.